The minimum atomic E-state index is -0.115. The number of nitrogens with one attached hydrogen (secondary N) is 1. The summed E-state index contributed by atoms with van der Waals surface area (Å²) < 4.78 is 1.01. The van der Waals surface area contributed by atoms with Crippen molar-refractivity contribution in [2.45, 2.75) is 26.2 Å². The lowest BCUT2D eigenvalue weighted by Crippen LogP contribution is -2.23. The third kappa shape index (κ3) is 3.79. The molecule has 0 unspecified atom stereocenters. The van der Waals surface area contributed by atoms with Gasteiger partial charge in [-0.1, -0.05) is 15.9 Å². The average Bonchev–Trinajstić information content (AvgIpc) is 3.11. The van der Waals surface area contributed by atoms with Crippen molar-refractivity contribution in [3.05, 3.63) is 39.3 Å². The lowest BCUT2D eigenvalue weighted by Gasteiger charge is -2.10. The number of halogens is 1. The number of aromatic nitrogens is 1. The third-order valence-corrected chi connectivity index (χ3v) is 5.43. The van der Waals surface area contributed by atoms with Gasteiger partial charge in [-0.2, -0.15) is 0 Å². The van der Waals surface area contributed by atoms with Crippen LogP contribution in [0.2, 0.25) is 0 Å². The zero-order valence-corrected chi connectivity index (χ0v) is 15.0. The summed E-state index contributed by atoms with van der Waals surface area (Å²) in [5.74, 6) is -0.00277. The smallest absolute Gasteiger partial charge is 0.230 e. The molecule has 1 aliphatic rings. The molecular formula is C16H16BrN3O2S. The van der Waals surface area contributed by atoms with Gasteiger partial charge in [0.1, 0.15) is 0 Å². The van der Waals surface area contributed by atoms with Gasteiger partial charge in [-0.3, -0.25) is 14.5 Å². The highest BCUT2D eigenvalue weighted by molar-refractivity contribution is 9.10. The maximum absolute atomic E-state index is 12.1. The number of rotatable bonds is 4. The zero-order chi connectivity index (χ0) is 16.4. The quantitative estimate of drug-likeness (QED) is 0.863. The number of hydrogen-bond acceptors (Lipinski definition) is 4. The van der Waals surface area contributed by atoms with E-state index in [4.69, 9.17) is 0 Å². The number of amides is 2. The van der Waals surface area contributed by atoms with Gasteiger partial charge >= 0.3 is 0 Å². The molecule has 120 valence electrons. The Bertz CT molecular complexity index is 760. The van der Waals surface area contributed by atoms with E-state index >= 15 is 0 Å². The Balaban J connectivity index is 1.63. The van der Waals surface area contributed by atoms with Crippen molar-refractivity contribution in [1.82, 2.24) is 4.98 Å². The SMILES string of the molecule is Cc1cc(NC(=O)Cc2csc(N3CCCC3=O)n2)ccc1Br. The predicted molar refractivity (Wildman–Crippen MR) is 94.9 cm³/mol. The maximum atomic E-state index is 12.1. The van der Waals surface area contributed by atoms with E-state index in [1.165, 1.54) is 11.3 Å². The van der Waals surface area contributed by atoms with Gasteiger partial charge in [0.25, 0.3) is 0 Å². The molecule has 2 amide bonds. The number of anilines is 2. The van der Waals surface area contributed by atoms with E-state index in [2.05, 4.69) is 26.2 Å². The number of benzene rings is 1. The molecule has 1 fully saturated rings. The second kappa shape index (κ2) is 6.80. The van der Waals surface area contributed by atoms with Crippen LogP contribution >= 0.6 is 27.3 Å². The van der Waals surface area contributed by atoms with Gasteiger partial charge in [0.15, 0.2) is 5.13 Å². The molecule has 7 heteroatoms. The molecule has 2 aromatic rings. The van der Waals surface area contributed by atoms with Crippen LogP contribution in [0.4, 0.5) is 10.8 Å². The van der Waals surface area contributed by atoms with Crippen LogP contribution in [-0.2, 0) is 16.0 Å². The van der Waals surface area contributed by atoms with Crippen molar-refractivity contribution >= 4 is 49.9 Å². The molecule has 23 heavy (non-hydrogen) atoms. The lowest BCUT2D eigenvalue weighted by atomic mass is 10.2. The monoisotopic (exact) mass is 393 g/mol. The standard InChI is InChI=1S/C16H16BrN3O2S/c1-10-7-11(4-5-13(10)17)18-14(21)8-12-9-23-16(19-12)20-6-2-3-15(20)22/h4-5,7,9H,2-3,6,8H2,1H3,(H,18,21). The summed E-state index contributed by atoms with van der Waals surface area (Å²) in [4.78, 5) is 30.0. The molecule has 0 spiro atoms. The molecule has 0 atom stereocenters. The maximum Gasteiger partial charge on any atom is 0.230 e. The van der Waals surface area contributed by atoms with Crippen LogP contribution in [0.5, 0.6) is 0 Å². The Hall–Kier alpha value is -1.73. The summed E-state index contributed by atoms with van der Waals surface area (Å²) in [5.41, 5.74) is 2.52. The van der Waals surface area contributed by atoms with Gasteiger partial charge in [0, 0.05) is 28.5 Å². The normalized spacial score (nSPS) is 14.3. The molecule has 0 saturated carbocycles. The highest BCUT2D eigenvalue weighted by Gasteiger charge is 2.24. The van der Waals surface area contributed by atoms with E-state index in [-0.39, 0.29) is 18.2 Å². The van der Waals surface area contributed by atoms with Gasteiger partial charge in [-0.25, -0.2) is 4.98 Å². The van der Waals surface area contributed by atoms with Crippen molar-refractivity contribution in [1.29, 1.82) is 0 Å². The van der Waals surface area contributed by atoms with Crippen LogP contribution < -0.4 is 10.2 Å². The Kier molecular flexibility index (Phi) is 4.77. The number of thiazole rings is 1. The summed E-state index contributed by atoms with van der Waals surface area (Å²) in [6, 6.07) is 5.67. The molecule has 5 nitrogen and oxygen atoms in total. The Morgan fingerprint density at radius 3 is 3.00 bits per heavy atom. The number of aryl methyl sites for hydroxylation is 1. The van der Waals surface area contributed by atoms with Crippen molar-refractivity contribution in [3.63, 3.8) is 0 Å². The van der Waals surface area contributed by atoms with Crippen LogP contribution in [0.3, 0.4) is 0 Å². The number of nitrogens with zero attached hydrogens (tertiary/aromatic N) is 2. The summed E-state index contributed by atoms with van der Waals surface area (Å²) in [5, 5.41) is 5.40. The lowest BCUT2D eigenvalue weighted by molar-refractivity contribution is -0.117. The second-order valence-corrected chi connectivity index (χ2v) is 7.15. The molecule has 1 N–H and O–H groups in total. The largest absolute Gasteiger partial charge is 0.326 e. The second-order valence-electron chi connectivity index (χ2n) is 5.46. The molecule has 2 heterocycles. The van der Waals surface area contributed by atoms with Crippen molar-refractivity contribution in [3.8, 4) is 0 Å². The number of hydrogen-bond donors (Lipinski definition) is 1. The Morgan fingerprint density at radius 2 is 2.30 bits per heavy atom. The van der Waals surface area contributed by atoms with Gasteiger partial charge in [-0.15, -0.1) is 11.3 Å². The van der Waals surface area contributed by atoms with Crippen molar-refractivity contribution in [2.24, 2.45) is 0 Å². The topological polar surface area (TPSA) is 62.3 Å². The fourth-order valence-corrected chi connectivity index (χ4v) is 3.56. The van der Waals surface area contributed by atoms with Crippen LogP contribution in [0.15, 0.2) is 28.1 Å². The average molecular weight is 394 g/mol. The first-order chi connectivity index (χ1) is 11.0. The summed E-state index contributed by atoms with van der Waals surface area (Å²) in [7, 11) is 0. The van der Waals surface area contributed by atoms with Crippen molar-refractivity contribution < 1.29 is 9.59 Å². The molecule has 1 saturated heterocycles. The summed E-state index contributed by atoms with van der Waals surface area (Å²) >= 11 is 4.85. The van der Waals surface area contributed by atoms with E-state index in [0.717, 1.165) is 28.7 Å². The van der Waals surface area contributed by atoms with E-state index in [1.807, 2.05) is 30.5 Å². The molecule has 0 aliphatic carbocycles. The van der Waals surface area contributed by atoms with Gasteiger partial charge in [-0.05, 0) is 37.1 Å². The van der Waals surface area contributed by atoms with Gasteiger partial charge in [0.2, 0.25) is 11.8 Å². The predicted octanol–water partition coefficient (Wildman–Crippen LogP) is 3.52. The minimum absolute atomic E-state index is 0.112. The minimum Gasteiger partial charge on any atom is -0.326 e. The van der Waals surface area contributed by atoms with E-state index in [0.29, 0.717) is 17.2 Å². The van der Waals surface area contributed by atoms with Crippen LogP contribution in [-0.4, -0.2) is 23.3 Å². The molecule has 3 rings (SSSR count). The van der Waals surface area contributed by atoms with Crippen LogP contribution in [0.1, 0.15) is 24.1 Å². The number of carbonyl (C=O) groups excluding carboxylic acids is 2. The molecule has 0 bridgehead atoms. The van der Waals surface area contributed by atoms with Gasteiger partial charge in [0.05, 0.1) is 12.1 Å². The molecular weight excluding hydrogens is 378 g/mol. The van der Waals surface area contributed by atoms with E-state index in [1.54, 1.807) is 4.90 Å². The Labute approximate surface area is 146 Å². The molecule has 1 aromatic heterocycles. The first-order valence-corrected chi connectivity index (χ1v) is 9.01. The summed E-state index contributed by atoms with van der Waals surface area (Å²) in [6.45, 7) is 2.69. The summed E-state index contributed by atoms with van der Waals surface area (Å²) in [6.07, 6.45) is 1.66. The van der Waals surface area contributed by atoms with Crippen LogP contribution in [0, 0.1) is 6.92 Å². The van der Waals surface area contributed by atoms with E-state index < -0.39 is 0 Å². The molecule has 1 aliphatic heterocycles. The molecule has 1 aromatic carbocycles. The number of carbonyl (C=O) groups is 2. The van der Waals surface area contributed by atoms with Crippen molar-refractivity contribution in [2.75, 3.05) is 16.8 Å². The first kappa shape index (κ1) is 16.1. The molecule has 0 radical (unpaired) electrons. The fraction of sp³-hybridized carbons (Fsp3) is 0.312. The third-order valence-electron chi connectivity index (χ3n) is 3.63. The van der Waals surface area contributed by atoms with Gasteiger partial charge < -0.3 is 5.32 Å². The highest BCUT2D eigenvalue weighted by Crippen LogP contribution is 2.25. The fourth-order valence-electron chi connectivity index (χ4n) is 2.44. The Morgan fingerprint density at radius 1 is 1.48 bits per heavy atom. The first-order valence-electron chi connectivity index (χ1n) is 7.34. The van der Waals surface area contributed by atoms with Crippen LogP contribution in [0.25, 0.3) is 0 Å². The highest BCUT2D eigenvalue weighted by atomic mass is 79.9. The van der Waals surface area contributed by atoms with E-state index in [9.17, 15) is 9.59 Å². The zero-order valence-electron chi connectivity index (χ0n) is 12.6.